The van der Waals surface area contributed by atoms with E-state index >= 15 is 0 Å². The SMILES string of the molecule is CN(C)c1ccc(/C=N/Nc2nc(-c3ccc(Cl)cc3)c3ccccc3n2)cc1. The minimum atomic E-state index is 0.440. The lowest BCUT2D eigenvalue weighted by Crippen LogP contribution is -2.08. The summed E-state index contributed by atoms with van der Waals surface area (Å²) in [6.07, 6.45) is 1.75. The summed E-state index contributed by atoms with van der Waals surface area (Å²) in [6, 6.07) is 23.7. The Morgan fingerprint density at radius 1 is 0.897 bits per heavy atom. The first-order valence-electron chi connectivity index (χ1n) is 9.19. The van der Waals surface area contributed by atoms with Crippen LogP contribution in [0.5, 0.6) is 0 Å². The fourth-order valence-electron chi connectivity index (χ4n) is 2.98. The fraction of sp³-hybridized carbons (Fsp3) is 0.0870. The third-order valence-electron chi connectivity index (χ3n) is 4.51. The third-order valence-corrected chi connectivity index (χ3v) is 4.76. The number of hydrogen-bond acceptors (Lipinski definition) is 5. The quantitative estimate of drug-likeness (QED) is 0.356. The minimum Gasteiger partial charge on any atom is -0.378 e. The van der Waals surface area contributed by atoms with Gasteiger partial charge in [-0.1, -0.05) is 54.1 Å². The molecule has 1 N–H and O–H groups in total. The number of para-hydroxylation sites is 1. The Balaban J connectivity index is 1.63. The molecule has 0 atom stereocenters. The number of fused-ring (bicyclic) bond motifs is 1. The molecule has 5 nitrogen and oxygen atoms in total. The number of anilines is 2. The molecule has 6 heteroatoms. The van der Waals surface area contributed by atoms with Gasteiger partial charge in [0.25, 0.3) is 0 Å². The molecule has 1 aromatic heterocycles. The number of nitrogens with zero attached hydrogens (tertiary/aromatic N) is 4. The Morgan fingerprint density at radius 3 is 2.34 bits per heavy atom. The van der Waals surface area contributed by atoms with Crippen molar-refractivity contribution in [1.82, 2.24) is 9.97 Å². The first-order valence-corrected chi connectivity index (χ1v) is 9.57. The van der Waals surface area contributed by atoms with Gasteiger partial charge in [0.15, 0.2) is 0 Å². The van der Waals surface area contributed by atoms with Gasteiger partial charge in [-0.15, -0.1) is 0 Å². The molecule has 0 saturated carbocycles. The lowest BCUT2D eigenvalue weighted by molar-refractivity contribution is 1.13. The summed E-state index contributed by atoms with van der Waals surface area (Å²) in [5.41, 5.74) is 7.74. The molecule has 4 aromatic rings. The van der Waals surface area contributed by atoms with E-state index in [1.807, 2.05) is 86.9 Å². The summed E-state index contributed by atoms with van der Waals surface area (Å²) in [5.74, 6) is 0.440. The van der Waals surface area contributed by atoms with Crippen LogP contribution in [0.3, 0.4) is 0 Å². The van der Waals surface area contributed by atoms with Crippen LogP contribution in [0.2, 0.25) is 5.02 Å². The second kappa shape index (κ2) is 8.29. The Morgan fingerprint density at radius 2 is 1.62 bits per heavy atom. The molecule has 0 bridgehead atoms. The van der Waals surface area contributed by atoms with Crippen molar-refractivity contribution in [3.05, 3.63) is 83.4 Å². The number of rotatable bonds is 5. The first-order chi connectivity index (χ1) is 14.1. The molecule has 3 aromatic carbocycles. The summed E-state index contributed by atoms with van der Waals surface area (Å²) in [6.45, 7) is 0. The normalized spacial score (nSPS) is 11.1. The molecule has 0 aliphatic heterocycles. The summed E-state index contributed by atoms with van der Waals surface area (Å²) < 4.78 is 0. The Labute approximate surface area is 174 Å². The second-order valence-corrected chi connectivity index (χ2v) is 7.21. The number of hydrazone groups is 1. The van der Waals surface area contributed by atoms with Crippen molar-refractivity contribution in [2.75, 3.05) is 24.4 Å². The van der Waals surface area contributed by atoms with Crippen molar-refractivity contribution < 1.29 is 0 Å². The number of hydrogen-bond donors (Lipinski definition) is 1. The van der Waals surface area contributed by atoms with Gasteiger partial charge >= 0.3 is 0 Å². The average Bonchev–Trinajstić information content (AvgIpc) is 2.74. The molecule has 0 saturated heterocycles. The van der Waals surface area contributed by atoms with Gasteiger partial charge in [-0.2, -0.15) is 5.10 Å². The predicted molar refractivity (Wildman–Crippen MR) is 122 cm³/mol. The maximum atomic E-state index is 6.04. The molecule has 0 unspecified atom stereocenters. The summed E-state index contributed by atoms with van der Waals surface area (Å²) >= 11 is 6.04. The number of nitrogens with one attached hydrogen (secondary N) is 1. The van der Waals surface area contributed by atoms with Crippen LogP contribution in [-0.4, -0.2) is 30.3 Å². The van der Waals surface area contributed by atoms with Gasteiger partial charge in [-0.05, 0) is 35.9 Å². The van der Waals surface area contributed by atoms with E-state index in [1.165, 1.54) is 0 Å². The van der Waals surface area contributed by atoms with E-state index in [9.17, 15) is 0 Å². The Bertz CT molecular complexity index is 1150. The van der Waals surface area contributed by atoms with E-state index in [4.69, 9.17) is 11.6 Å². The van der Waals surface area contributed by atoms with Gasteiger partial charge < -0.3 is 4.90 Å². The van der Waals surface area contributed by atoms with Crippen LogP contribution in [0.1, 0.15) is 5.56 Å². The van der Waals surface area contributed by atoms with Crippen LogP contribution >= 0.6 is 11.6 Å². The standard InChI is InChI=1S/C23H20ClN5/c1-29(2)19-13-7-16(8-14-19)15-25-28-23-26-21-6-4-3-5-20(21)22(27-23)17-9-11-18(24)12-10-17/h3-15H,1-2H3,(H,26,27,28)/b25-15+. The second-order valence-electron chi connectivity index (χ2n) is 6.78. The van der Waals surface area contributed by atoms with Crippen molar-refractivity contribution in [2.45, 2.75) is 0 Å². The van der Waals surface area contributed by atoms with Crippen molar-refractivity contribution in [2.24, 2.45) is 5.10 Å². The van der Waals surface area contributed by atoms with Gasteiger partial charge in [0.1, 0.15) is 0 Å². The highest BCUT2D eigenvalue weighted by molar-refractivity contribution is 6.30. The molecule has 0 spiro atoms. The molecule has 4 rings (SSSR count). The van der Waals surface area contributed by atoms with Crippen molar-refractivity contribution in [3.63, 3.8) is 0 Å². The van der Waals surface area contributed by atoms with Crippen molar-refractivity contribution >= 4 is 40.4 Å². The van der Waals surface area contributed by atoms with Crippen LogP contribution < -0.4 is 10.3 Å². The minimum absolute atomic E-state index is 0.440. The molecular formula is C23H20ClN5. The lowest BCUT2D eigenvalue weighted by Gasteiger charge is -2.11. The summed E-state index contributed by atoms with van der Waals surface area (Å²) in [5, 5.41) is 5.97. The van der Waals surface area contributed by atoms with Gasteiger partial charge in [-0.25, -0.2) is 15.4 Å². The van der Waals surface area contributed by atoms with E-state index in [0.717, 1.165) is 33.4 Å². The summed E-state index contributed by atoms with van der Waals surface area (Å²) in [7, 11) is 4.03. The predicted octanol–water partition coefficient (Wildman–Crippen LogP) is 5.46. The smallest absolute Gasteiger partial charge is 0.244 e. The van der Waals surface area contributed by atoms with Crippen LogP contribution in [0, 0.1) is 0 Å². The van der Waals surface area contributed by atoms with Gasteiger partial charge in [0.2, 0.25) is 5.95 Å². The van der Waals surface area contributed by atoms with Crippen LogP contribution in [-0.2, 0) is 0 Å². The Hall–Kier alpha value is -3.44. The zero-order valence-corrected chi connectivity index (χ0v) is 16.9. The zero-order chi connectivity index (χ0) is 20.2. The van der Waals surface area contributed by atoms with Crippen LogP contribution in [0.4, 0.5) is 11.6 Å². The number of halogens is 1. The zero-order valence-electron chi connectivity index (χ0n) is 16.2. The van der Waals surface area contributed by atoms with Crippen molar-refractivity contribution in [3.8, 4) is 11.3 Å². The topological polar surface area (TPSA) is 53.4 Å². The van der Waals surface area contributed by atoms with Crippen LogP contribution in [0.15, 0.2) is 77.9 Å². The molecule has 29 heavy (non-hydrogen) atoms. The molecule has 0 aliphatic carbocycles. The first kappa shape index (κ1) is 18.9. The maximum Gasteiger partial charge on any atom is 0.244 e. The molecule has 0 fully saturated rings. The van der Waals surface area contributed by atoms with E-state index in [0.29, 0.717) is 11.0 Å². The average molecular weight is 402 g/mol. The van der Waals surface area contributed by atoms with Crippen LogP contribution in [0.25, 0.3) is 22.2 Å². The molecule has 144 valence electrons. The number of aromatic nitrogens is 2. The van der Waals surface area contributed by atoms with Crippen molar-refractivity contribution in [1.29, 1.82) is 0 Å². The highest BCUT2D eigenvalue weighted by atomic mass is 35.5. The van der Waals surface area contributed by atoms with Gasteiger partial charge in [-0.3, -0.25) is 0 Å². The van der Waals surface area contributed by atoms with Gasteiger partial charge in [0.05, 0.1) is 17.4 Å². The highest BCUT2D eigenvalue weighted by Crippen LogP contribution is 2.28. The monoisotopic (exact) mass is 401 g/mol. The maximum absolute atomic E-state index is 6.04. The molecule has 1 heterocycles. The fourth-order valence-corrected chi connectivity index (χ4v) is 3.10. The van der Waals surface area contributed by atoms with E-state index in [-0.39, 0.29) is 0 Å². The van der Waals surface area contributed by atoms with E-state index in [2.05, 4.69) is 25.4 Å². The van der Waals surface area contributed by atoms with E-state index < -0.39 is 0 Å². The molecular weight excluding hydrogens is 382 g/mol. The Kier molecular flexibility index (Phi) is 5.40. The molecule has 0 aliphatic rings. The highest BCUT2D eigenvalue weighted by Gasteiger charge is 2.09. The van der Waals surface area contributed by atoms with E-state index in [1.54, 1.807) is 6.21 Å². The largest absolute Gasteiger partial charge is 0.378 e. The molecule has 0 radical (unpaired) electrons. The summed E-state index contributed by atoms with van der Waals surface area (Å²) in [4.78, 5) is 11.3. The van der Waals surface area contributed by atoms with Gasteiger partial charge in [0, 0.05) is 35.8 Å². The lowest BCUT2D eigenvalue weighted by atomic mass is 10.1. The molecule has 0 amide bonds. The third kappa shape index (κ3) is 4.36. The number of benzene rings is 3.